The van der Waals surface area contributed by atoms with E-state index in [-0.39, 0.29) is 5.91 Å². The van der Waals surface area contributed by atoms with Gasteiger partial charge in [0.2, 0.25) is 0 Å². The number of nitrogens with one attached hydrogen (secondary N) is 1. The summed E-state index contributed by atoms with van der Waals surface area (Å²) < 4.78 is 11.4. The molecule has 0 unspecified atom stereocenters. The lowest BCUT2D eigenvalue weighted by Crippen LogP contribution is -2.12. The molecule has 2 heterocycles. The first-order chi connectivity index (χ1) is 12.3. The predicted octanol–water partition coefficient (Wildman–Crippen LogP) is 3.77. The summed E-state index contributed by atoms with van der Waals surface area (Å²) in [6.07, 6.45) is 5.07. The van der Waals surface area contributed by atoms with Crippen molar-refractivity contribution in [3.05, 3.63) is 65.4 Å². The summed E-state index contributed by atoms with van der Waals surface area (Å²) in [5.41, 5.74) is 1.48. The summed E-state index contributed by atoms with van der Waals surface area (Å²) in [6.45, 7) is 2.76. The van der Waals surface area contributed by atoms with Gasteiger partial charge in [0.1, 0.15) is 6.61 Å². The van der Waals surface area contributed by atoms with Crippen LogP contribution in [0.15, 0.2) is 54.3 Å². The van der Waals surface area contributed by atoms with Gasteiger partial charge in [0.05, 0.1) is 6.61 Å². The summed E-state index contributed by atoms with van der Waals surface area (Å²) in [5.74, 6) is 0.879. The number of hydrogen-bond donors (Lipinski definition) is 1. The monoisotopic (exact) mass is 355 g/mol. The van der Waals surface area contributed by atoms with Crippen LogP contribution in [-0.4, -0.2) is 22.5 Å². The number of nitrogens with zero attached hydrogens (tertiary/aromatic N) is 2. The zero-order valence-electron chi connectivity index (χ0n) is 13.6. The average Bonchev–Trinajstić information content (AvgIpc) is 3.14. The van der Waals surface area contributed by atoms with Crippen molar-refractivity contribution in [2.75, 3.05) is 11.9 Å². The van der Waals surface area contributed by atoms with E-state index >= 15 is 0 Å². The van der Waals surface area contributed by atoms with Gasteiger partial charge in [-0.3, -0.25) is 15.1 Å². The van der Waals surface area contributed by atoms with E-state index in [4.69, 9.17) is 9.47 Å². The normalized spacial score (nSPS) is 10.3. The maximum atomic E-state index is 12.3. The minimum atomic E-state index is -0.239. The molecule has 0 atom stereocenters. The van der Waals surface area contributed by atoms with E-state index in [0.717, 1.165) is 5.56 Å². The number of hydrogen-bond acceptors (Lipinski definition) is 6. The average molecular weight is 355 g/mol. The van der Waals surface area contributed by atoms with Gasteiger partial charge in [-0.1, -0.05) is 0 Å². The smallest absolute Gasteiger partial charge is 0.257 e. The molecule has 0 radical (unpaired) electrons. The van der Waals surface area contributed by atoms with Gasteiger partial charge in [0, 0.05) is 29.5 Å². The standard InChI is InChI=1S/C18H17N3O3S/c1-2-23-16-11-14(17(22)21-18-20-9-10-25-18)3-4-15(16)24-12-13-5-7-19-8-6-13/h3-11H,2,12H2,1H3,(H,20,21,22). The van der Waals surface area contributed by atoms with Crippen molar-refractivity contribution in [1.82, 2.24) is 9.97 Å². The number of benzene rings is 1. The van der Waals surface area contributed by atoms with Crippen LogP contribution in [-0.2, 0) is 6.61 Å². The van der Waals surface area contributed by atoms with Gasteiger partial charge in [0.25, 0.3) is 5.91 Å². The Kier molecular flexibility index (Phi) is 5.58. The second-order valence-corrected chi connectivity index (χ2v) is 5.92. The van der Waals surface area contributed by atoms with E-state index in [1.54, 1.807) is 42.2 Å². The van der Waals surface area contributed by atoms with E-state index in [1.165, 1.54) is 11.3 Å². The number of carbonyl (C=O) groups excluding carboxylic acids is 1. The molecule has 7 heteroatoms. The number of anilines is 1. The van der Waals surface area contributed by atoms with Crippen LogP contribution in [0.4, 0.5) is 5.13 Å². The Morgan fingerprint density at radius 3 is 2.68 bits per heavy atom. The zero-order valence-corrected chi connectivity index (χ0v) is 14.5. The third-order valence-corrected chi connectivity index (χ3v) is 3.99. The van der Waals surface area contributed by atoms with Crippen molar-refractivity contribution in [3.8, 4) is 11.5 Å². The summed E-state index contributed by atoms with van der Waals surface area (Å²) in [4.78, 5) is 20.3. The maximum absolute atomic E-state index is 12.3. The van der Waals surface area contributed by atoms with Gasteiger partial charge < -0.3 is 9.47 Å². The highest BCUT2D eigenvalue weighted by Gasteiger charge is 2.13. The molecule has 25 heavy (non-hydrogen) atoms. The first-order valence-electron chi connectivity index (χ1n) is 7.75. The van der Waals surface area contributed by atoms with Gasteiger partial charge in [-0.15, -0.1) is 11.3 Å². The SMILES string of the molecule is CCOc1cc(C(=O)Nc2nccs2)ccc1OCc1ccncc1. The summed E-state index contributed by atoms with van der Waals surface area (Å²) >= 11 is 1.37. The van der Waals surface area contributed by atoms with Crippen LogP contribution in [0, 0.1) is 0 Å². The van der Waals surface area contributed by atoms with Crippen molar-refractivity contribution >= 4 is 22.4 Å². The molecule has 128 valence electrons. The van der Waals surface area contributed by atoms with Crippen LogP contribution in [0.1, 0.15) is 22.8 Å². The lowest BCUT2D eigenvalue weighted by molar-refractivity contribution is 0.102. The highest BCUT2D eigenvalue weighted by Crippen LogP contribution is 2.29. The van der Waals surface area contributed by atoms with E-state index < -0.39 is 0 Å². The fraction of sp³-hybridized carbons (Fsp3) is 0.167. The molecular formula is C18H17N3O3S. The van der Waals surface area contributed by atoms with Crippen LogP contribution < -0.4 is 14.8 Å². The number of thiazole rings is 1. The Hall–Kier alpha value is -2.93. The van der Waals surface area contributed by atoms with Gasteiger partial charge in [-0.2, -0.15) is 0 Å². The quantitative estimate of drug-likeness (QED) is 0.698. The molecule has 0 fully saturated rings. The third-order valence-electron chi connectivity index (χ3n) is 3.30. The minimum absolute atomic E-state index is 0.239. The van der Waals surface area contributed by atoms with Gasteiger partial charge >= 0.3 is 0 Å². The van der Waals surface area contributed by atoms with E-state index in [0.29, 0.717) is 35.4 Å². The van der Waals surface area contributed by atoms with E-state index in [9.17, 15) is 4.79 Å². The molecule has 3 rings (SSSR count). The number of rotatable bonds is 7. The first kappa shape index (κ1) is 16.9. The fourth-order valence-corrected chi connectivity index (χ4v) is 2.66. The minimum Gasteiger partial charge on any atom is -0.490 e. The summed E-state index contributed by atoms with van der Waals surface area (Å²) in [5, 5.41) is 5.11. The largest absolute Gasteiger partial charge is 0.490 e. The highest BCUT2D eigenvalue weighted by atomic mass is 32.1. The molecule has 0 spiro atoms. The highest BCUT2D eigenvalue weighted by molar-refractivity contribution is 7.13. The Morgan fingerprint density at radius 2 is 1.96 bits per heavy atom. The van der Waals surface area contributed by atoms with Crippen molar-refractivity contribution in [3.63, 3.8) is 0 Å². The molecule has 0 aliphatic rings. The first-order valence-corrected chi connectivity index (χ1v) is 8.63. The number of ether oxygens (including phenoxy) is 2. The summed E-state index contributed by atoms with van der Waals surface area (Å²) in [6, 6.07) is 8.89. The van der Waals surface area contributed by atoms with Crippen LogP contribution in [0.2, 0.25) is 0 Å². The van der Waals surface area contributed by atoms with Gasteiger partial charge in [-0.25, -0.2) is 4.98 Å². The molecule has 0 saturated heterocycles. The second kappa shape index (κ2) is 8.25. The van der Waals surface area contributed by atoms with Crippen LogP contribution in [0.5, 0.6) is 11.5 Å². The van der Waals surface area contributed by atoms with Gasteiger partial charge in [0.15, 0.2) is 16.6 Å². The van der Waals surface area contributed by atoms with E-state index in [1.807, 2.05) is 19.1 Å². The van der Waals surface area contributed by atoms with Gasteiger partial charge in [-0.05, 0) is 42.8 Å². The van der Waals surface area contributed by atoms with Crippen LogP contribution >= 0.6 is 11.3 Å². The maximum Gasteiger partial charge on any atom is 0.257 e. The molecule has 1 amide bonds. The lowest BCUT2D eigenvalue weighted by Gasteiger charge is -2.13. The number of aromatic nitrogens is 2. The van der Waals surface area contributed by atoms with Crippen LogP contribution in [0.25, 0.3) is 0 Å². The fourth-order valence-electron chi connectivity index (χ4n) is 2.13. The lowest BCUT2D eigenvalue weighted by atomic mass is 10.2. The Balaban J connectivity index is 1.74. The predicted molar refractivity (Wildman–Crippen MR) is 96.2 cm³/mol. The molecule has 3 aromatic rings. The van der Waals surface area contributed by atoms with Crippen molar-refractivity contribution in [1.29, 1.82) is 0 Å². The number of amides is 1. The molecule has 6 nitrogen and oxygen atoms in total. The third kappa shape index (κ3) is 4.54. The summed E-state index contributed by atoms with van der Waals surface area (Å²) in [7, 11) is 0. The molecule has 1 aromatic carbocycles. The number of carbonyl (C=O) groups is 1. The molecular weight excluding hydrogens is 338 g/mol. The molecule has 0 saturated carbocycles. The van der Waals surface area contributed by atoms with Crippen molar-refractivity contribution < 1.29 is 14.3 Å². The Morgan fingerprint density at radius 1 is 1.12 bits per heavy atom. The Labute approximate surface area is 149 Å². The van der Waals surface area contributed by atoms with Crippen molar-refractivity contribution in [2.45, 2.75) is 13.5 Å². The van der Waals surface area contributed by atoms with Crippen molar-refractivity contribution in [2.24, 2.45) is 0 Å². The molecule has 0 bridgehead atoms. The molecule has 2 aromatic heterocycles. The topological polar surface area (TPSA) is 73.3 Å². The second-order valence-electron chi connectivity index (χ2n) is 5.03. The molecule has 0 aliphatic carbocycles. The van der Waals surface area contributed by atoms with Crippen LogP contribution in [0.3, 0.4) is 0 Å². The zero-order chi connectivity index (χ0) is 17.5. The molecule has 1 N–H and O–H groups in total. The molecule has 0 aliphatic heterocycles. The number of pyridine rings is 1. The van der Waals surface area contributed by atoms with E-state index in [2.05, 4.69) is 15.3 Å². The Bertz CT molecular complexity index is 823.